The van der Waals surface area contributed by atoms with Crippen molar-refractivity contribution in [3.05, 3.63) is 157 Å². The number of furan rings is 2. The van der Waals surface area contributed by atoms with Crippen molar-refractivity contribution >= 4 is 105 Å². The Bertz CT molecular complexity index is 3570. The first-order valence-electron chi connectivity index (χ1n) is 24.1. The molecule has 0 saturated heterocycles. The van der Waals surface area contributed by atoms with E-state index in [0.717, 1.165) is 43.7 Å². The molecule has 24 heteroatoms. The number of benzene rings is 2. The van der Waals surface area contributed by atoms with Gasteiger partial charge in [-0.3, -0.25) is 0 Å². The molecule has 11 rings (SSSR count). The molecule has 0 saturated carbocycles. The molecular weight excluding hydrogens is 1280 g/mol. The van der Waals surface area contributed by atoms with Gasteiger partial charge in [0.15, 0.2) is 0 Å². The Morgan fingerprint density at radius 3 is 0.877 bits per heavy atom. The summed E-state index contributed by atoms with van der Waals surface area (Å²) in [5.41, 5.74) is -9.50. The van der Waals surface area contributed by atoms with E-state index in [0.29, 0.717) is 28.0 Å². The maximum absolute atomic E-state index is 15.2. The van der Waals surface area contributed by atoms with Crippen molar-refractivity contribution < 1.29 is 87.9 Å². The number of hydrogen-bond donors (Lipinski definition) is 0. The summed E-state index contributed by atoms with van der Waals surface area (Å²) < 4.78 is 277. The van der Waals surface area contributed by atoms with Crippen LogP contribution in [0.2, 0.25) is 0 Å². The van der Waals surface area contributed by atoms with Crippen LogP contribution in [-0.2, 0) is 0 Å². The summed E-state index contributed by atoms with van der Waals surface area (Å²) >= 11 is 1.67. The van der Waals surface area contributed by atoms with Crippen LogP contribution >= 0.6 is 22.7 Å². The third-order valence-corrected chi connectivity index (χ3v) is 20.5. The average Bonchev–Trinajstić information content (AvgIpc) is 4.25. The molecule has 2 nitrogen and oxygen atoms in total. The molecule has 6 heterocycles. The molecule has 0 N–H and O–H groups in total. The van der Waals surface area contributed by atoms with Crippen LogP contribution in [0, 0.1) is 69.2 Å². The van der Waals surface area contributed by atoms with Crippen LogP contribution in [0.3, 0.4) is 0 Å². The van der Waals surface area contributed by atoms with Gasteiger partial charge in [0.25, 0.3) is 0 Å². The van der Waals surface area contributed by atoms with Crippen molar-refractivity contribution in [3.8, 4) is 0 Å². The van der Waals surface area contributed by atoms with Gasteiger partial charge in [-0.05, 0) is 65.8 Å². The predicted molar refractivity (Wildman–Crippen MR) is 280 cm³/mol. The van der Waals surface area contributed by atoms with Crippen molar-refractivity contribution in [1.29, 1.82) is 0 Å². The molecule has 3 aliphatic carbocycles. The van der Waals surface area contributed by atoms with E-state index >= 15 is 17.6 Å². The summed E-state index contributed by atoms with van der Waals surface area (Å²) in [7, 11) is 0. The van der Waals surface area contributed by atoms with Crippen molar-refractivity contribution in [1.82, 2.24) is 0 Å². The van der Waals surface area contributed by atoms with Crippen LogP contribution in [0.25, 0.3) is 53.6 Å². The number of rotatable bonds is 6. The number of allylic oxidation sites excluding steroid dienone is 6. The zero-order valence-electron chi connectivity index (χ0n) is 43.7. The molecule has 6 aromatic heterocycles. The van der Waals surface area contributed by atoms with Crippen LogP contribution in [0.15, 0.2) is 81.6 Å². The summed E-state index contributed by atoms with van der Waals surface area (Å²) in [5.74, 6) is -46.7. The van der Waals surface area contributed by atoms with Crippen LogP contribution in [0.4, 0.5) is 79.0 Å². The van der Waals surface area contributed by atoms with Gasteiger partial charge in [-0.2, -0.15) is 52.7 Å². The summed E-state index contributed by atoms with van der Waals surface area (Å²) in [4.78, 5) is 0.582. The molecule has 0 radical (unpaired) electrons. The first-order valence-corrected chi connectivity index (χ1v) is 29.1. The minimum atomic E-state index is -5.58. The van der Waals surface area contributed by atoms with E-state index in [1.54, 1.807) is 64.1 Å². The van der Waals surface area contributed by atoms with Gasteiger partial charge in [0.05, 0.1) is 0 Å². The van der Waals surface area contributed by atoms with E-state index in [1.807, 2.05) is 0 Å². The third-order valence-electron chi connectivity index (χ3n) is 14.3. The molecule has 0 aliphatic heterocycles. The largest absolute Gasteiger partial charge is 0.466 e. The minimum Gasteiger partial charge on any atom is -0.466 e. The Labute approximate surface area is 469 Å². The Kier molecular flexibility index (Phi) is 14.5. The Morgan fingerprint density at radius 1 is 0.346 bits per heavy atom. The molecule has 0 fully saturated rings. The molecule has 0 bridgehead atoms. The second-order valence-electron chi connectivity index (χ2n) is 19.8. The standard InChI is InChI=1S/C23H14F6S2.C17H14F6O2.C17H14F6Se2/c1-11-17(13-7-3-5-9-15(13)30-11)19-20(22(26,27)23(28,29)21(19,24)25)18-12(2)31-16-10-6-4-8-14(16)18;2*1-7-5-11(9(3)24-7)13-14(12-6-8(2)25-10(12)4)16(20,21)17(22,23)15(13,18)19/h3-10H,1-2H3;2*5-6H,1-4H3. The van der Waals surface area contributed by atoms with Crippen LogP contribution in [0.1, 0.15) is 83.9 Å². The van der Waals surface area contributed by atoms with Gasteiger partial charge < -0.3 is 8.83 Å². The monoisotopic (exact) mass is 1320 g/mol. The Hall–Kier alpha value is -5.12. The van der Waals surface area contributed by atoms with E-state index in [4.69, 9.17) is 8.83 Å². The minimum absolute atomic E-state index is 0.143. The predicted octanol–water partition coefficient (Wildman–Crippen LogP) is 19.4. The molecular formula is C57H42F18O2S2Se2. The fraction of sp³-hybridized carbons (Fsp3) is 0.333. The number of fused-ring (bicyclic) bond motifs is 2. The second-order valence-corrected chi connectivity index (χ2v) is 28.4. The topological polar surface area (TPSA) is 26.3 Å². The number of halogens is 18. The maximum Gasteiger partial charge on any atom is 0.380 e. The van der Waals surface area contributed by atoms with Gasteiger partial charge in [0.2, 0.25) is 0 Å². The number of alkyl halides is 18. The number of thiophene rings is 2. The summed E-state index contributed by atoms with van der Waals surface area (Å²) in [5, 5.41) is 0.533. The molecule has 81 heavy (non-hydrogen) atoms. The van der Waals surface area contributed by atoms with Crippen LogP contribution in [0.5, 0.6) is 0 Å². The summed E-state index contributed by atoms with van der Waals surface area (Å²) in [6, 6.07) is 17.6. The van der Waals surface area contributed by atoms with Gasteiger partial charge in [-0.25, -0.2) is 0 Å². The third kappa shape index (κ3) is 8.61. The van der Waals surface area contributed by atoms with Crippen molar-refractivity contribution in [3.63, 3.8) is 0 Å². The van der Waals surface area contributed by atoms with E-state index in [9.17, 15) is 61.5 Å². The molecule has 432 valence electrons. The first kappa shape index (κ1) is 60.5. The van der Waals surface area contributed by atoms with E-state index in [-0.39, 0.29) is 85.1 Å². The fourth-order valence-corrected chi connectivity index (χ4v) is 16.8. The van der Waals surface area contributed by atoms with Crippen molar-refractivity contribution in [2.24, 2.45) is 0 Å². The first-order chi connectivity index (χ1) is 37.1. The van der Waals surface area contributed by atoms with Gasteiger partial charge in [0.1, 0.15) is 23.0 Å². The number of hydrogen-bond acceptors (Lipinski definition) is 4. The molecule has 2 aromatic carbocycles. The van der Waals surface area contributed by atoms with Crippen molar-refractivity contribution in [2.75, 3.05) is 0 Å². The molecule has 0 unspecified atom stereocenters. The van der Waals surface area contributed by atoms with Crippen molar-refractivity contribution in [2.45, 2.75) is 123 Å². The average molecular weight is 1320 g/mol. The van der Waals surface area contributed by atoms with E-state index in [2.05, 4.69) is 0 Å². The van der Waals surface area contributed by atoms with Gasteiger partial charge in [0, 0.05) is 74.5 Å². The summed E-state index contributed by atoms with van der Waals surface area (Å²) in [6.45, 7) is 14.8. The molecule has 8 aromatic rings. The molecule has 0 atom stereocenters. The van der Waals surface area contributed by atoms with Gasteiger partial charge >= 0.3 is 189 Å². The fourth-order valence-electron chi connectivity index (χ4n) is 10.7. The normalized spacial score (nSPS) is 20.6. The second kappa shape index (κ2) is 19.5. The maximum atomic E-state index is 15.2. The van der Waals surface area contributed by atoms with Crippen LogP contribution < -0.4 is 0 Å². The molecule has 0 spiro atoms. The zero-order valence-corrected chi connectivity index (χ0v) is 48.7. The van der Waals surface area contributed by atoms with Crippen LogP contribution in [-0.4, -0.2) is 82.3 Å². The molecule has 0 amide bonds. The Morgan fingerprint density at radius 2 is 0.617 bits per heavy atom. The van der Waals surface area contributed by atoms with E-state index in [1.165, 1.54) is 65.8 Å². The molecule has 3 aliphatic rings. The number of aryl methyl sites for hydroxylation is 10. The van der Waals surface area contributed by atoms with Gasteiger partial charge in [-0.15, -0.1) is 22.7 Å². The summed E-state index contributed by atoms with van der Waals surface area (Å²) in [6.07, 6.45) is 0. The SMILES string of the molecule is Cc1cc(C2=C(c3cc(C)[se]c3C)C(F)(F)C(F)(F)C2(F)F)c(C)[se]1.Cc1cc(C2=C(c3cc(C)oc3C)C(F)(F)C(F)(F)C2(F)F)c(C)o1.Cc1sc2ccccc2c1C1=C(c2c(C)sc3ccccc23)C(F)(F)C(F)(F)C1(F)F. The quantitative estimate of drug-likeness (QED) is 0.123. The van der Waals surface area contributed by atoms with Gasteiger partial charge in [-0.1, -0.05) is 36.4 Å². The smallest absolute Gasteiger partial charge is 0.380 e. The van der Waals surface area contributed by atoms with E-state index < -0.39 is 97.9 Å². The Balaban J connectivity index is 0.000000148. The zero-order chi connectivity index (χ0) is 60.2.